The van der Waals surface area contributed by atoms with Gasteiger partial charge in [0, 0.05) is 11.4 Å². The summed E-state index contributed by atoms with van der Waals surface area (Å²) < 4.78 is 0. The number of carbonyl (C=O) groups excluding carboxylic acids is 1. The van der Waals surface area contributed by atoms with Gasteiger partial charge in [0.05, 0.1) is 6.42 Å². The highest BCUT2D eigenvalue weighted by atomic mass is 16.1. The zero-order chi connectivity index (χ0) is 15.2. The summed E-state index contributed by atoms with van der Waals surface area (Å²) >= 11 is 0. The first-order valence-corrected chi connectivity index (χ1v) is 7.39. The molecule has 0 bridgehead atoms. The van der Waals surface area contributed by atoms with Crippen molar-refractivity contribution in [1.29, 1.82) is 0 Å². The van der Waals surface area contributed by atoms with E-state index in [0.29, 0.717) is 12.1 Å². The van der Waals surface area contributed by atoms with Gasteiger partial charge in [-0.3, -0.25) is 4.79 Å². The van der Waals surface area contributed by atoms with Gasteiger partial charge in [0.2, 0.25) is 5.91 Å². The fourth-order valence-corrected chi connectivity index (χ4v) is 2.48. The van der Waals surface area contributed by atoms with Crippen LogP contribution >= 0.6 is 0 Å². The van der Waals surface area contributed by atoms with Crippen molar-refractivity contribution in [2.45, 2.75) is 33.1 Å². The van der Waals surface area contributed by atoms with Crippen LogP contribution in [-0.4, -0.2) is 5.91 Å². The molecule has 3 N–H and O–H groups in total. The summed E-state index contributed by atoms with van der Waals surface area (Å²) in [6.45, 7) is 4.20. The van der Waals surface area contributed by atoms with Crippen molar-refractivity contribution in [3.8, 4) is 0 Å². The molecule has 0 saturated heterocycles. The van der Waals surface area contributed by atoms with Crippen molar-refractivity contribution < 1.29 is 4.79 Å². The minimum absolute atomic E-state index is 0.00352. The molecule has 0 saturated carbocycles. The first-order valence-electron chi connectivity index (χ1n) is 7.39. The van der Waals surface area contributed by atoms with Crippen LogP contribution in [0.1, 0.15) is 30.5 Å². The zero-order valence-electron chi connectivity index (χ0n) is 12.6. The van der Waals surface area contributed by atoms with Crippen LogP contribution in [0.15, 0.2) is 42.5 Å². The Hall–Kier alpha value is -2.29. The van der Waals surface area contributed by atoms with E-state index < -0.39 is 0 Å². The molecule has 0 radical (unpaired) electrons. The number of rotatable bonds is 5. The molecule has 0 unspecified atom stereocenters. The van der Waals surface area contributed by atoms with Gasteiger partial charge >= 0.3 is 0 Å². The molecular formula is C18H22N2O. The molecule has 2 aromatic rings. The van der Waals surface area contributed by atoms with Gasteiger partial charge < -0.3 is 11.1 Å². The SMILES string of the molecule is CCc1cccc(CC)c1NC(=O)Cc1cccc(N)c1. The van der Waals surface area contributed by atoms with Gasteiger partial charge in [-0.05, 0) is 41.7 Å². The Morgan fingerprint density at radius 3 is 2.24 bits per heavy atom. The second-order valence-electron chi connectivity index (χ2n) is 5.13. The normalized spacial score (nSPS) is 10.4. The Labute approximate surface area is 126 Å². The minimum Gasteiger partial charge on any atom is -0.399 e. The Balaban J connectivity index is 2.16. The number of nitrogen functional groups attached to an aromatic ring is 1. The lowest BCUT2D eigenvalue weighted by Crippen LogP contribution is -2.17. The van der Waals surface area contributed by atoms with Crippen LogP contribution in [0.5, 0.6) is 0 Å². The molecule has 0 aliphatic carbocycles. The largest absolute Gasteiger partial charge is 0.399 e. The summed E-state index contributed by atoms with van der Waals surface area (Å²) in [6.07, 6.45) is 2.15. The predicted molar refractivity (Wildman–Crippen MR) is 88.4 cm³/mol. The fourth-order valence-electron chi connectivity index (χ4n) is 2.48. The van der Waals surface area contributed by atoms with Crippen LogP contribution in [0.4, 0.5) is 11.4 Å². The van der Waals surface area contributed by atoms with Crippen LogP contribution in [0.25, 0.3) is 0 Å². The van der Waals surface area contributed by atoms with E-state index in [1.807, 2.05) is 30.3 Å². The van der Waals surface area contributed by atoms with E-state index in [-0.39, 0.29) is 5.91 Å². The molecular weight excluding hydrogens is 260 g/mol. The molecule has 0 aromatic heterocycles. The standard InChI is InChI=1S/C18H22N2O/c1-3-14-8-6-9-15(4-2)18(14)20-17(21)12-13-7-5-10-16(19)11-13/h5-11H,3-4,12,19H2,1-2H3,(H,20,21). The highest BCUT2D eigenvalue weighted by Crippen LogP contribution is 2.23. The maximum absolute atomic E-state index is 12.3. The van der Waals surface area contributed by atoms with E-state index in [0.717, 1.165) is 24.1 Å². The van der Waals surface area contributed by atoms with E-state index in [9.17, 15) is 4.79 Å². The van der Waals surface area contributed by atoms with Crippen molar-refractivity contribution in [1.82, 2.24) is 0 Å². The first kappa shape index (κ1) is 15.1. The molecule has 0 spiro atoms. The smallest absolute Gasteiger partial charge is 0.228 e. The number of hydrogen-bond acceptors (Lipinski definition) is 2. The van der Waals surface area contributed by atoms with Crippen molar-refractivity contribution in [3.63, 3.8) is 0 Å². The number of nitrogens with one attached hydrogen (secondary N) is 1. The van der Waals surface area contributed by atoms with Crippen LogP contribution in [0.3, 0.4) is 0 Å². The average molecular weight is 282 g/mol. The molecule has 2 rings (SSSR count). The molecule has 21 heavy (non-hydrogen) atoms. The van der Waals surface area contributed by atoms with Gasteiger partial charge in [-0.25, -0.2) is 0 Å². The number of para-hydroxylation sites is 1. The number of anilines is 2. The van der Waals surface area contributed by atoms with Crippen molar-refractivity contribution in [3.05, 3.63) is 59.2 Å². The van der Waals surface area contributed by atoms with Gasteiger partial charge in [0.25, 0.3) is 0 Å². The number of hydrogen-bond donors (Lipinski definition) is 2. The third-order valence-electron chi connectivity index (χ3n) is 3.58. The molecule has 110 valence electrons. The highest BCUT2D eigenvalue weighted by Gasteiger charge is 2.10. The molecule has 2 aromatic carbocycles. The molecule has 0 heterocycles. The molecule has 0 fully saturated rings. The monoisotopic (exact) mass is 282 g/mol. The predicted octanol–water partition coefficient (Wildman–Crippen LogP) is 3.57. The minimum atomic E-state index is -0.00352. The summed E-state index contributed by atoms with van der Waals surface area (Å²) in [5, 5.41) is 3.07. The Bertz CT molecular complexity index is 613. The summed E-state index contributed by atoms with van der Waals surface area (Å²) in [7, 11) is 0. The van der Waals surface area contributed by atoms with Gasteiger partial charge in [-0.15, -0.1) is 0 Å². The van der Waals surface area contributed by atoms with E-state index in [2.05, 4.69) is 31.3 Å². The van der Waals surface area contributed by atoms with E-state index in [1.165, 1.54) is 11.1 Å². The van der Waals surface area contributed by atoms with Gasteiger partial charge in [-0.2, -0.15) is 0 Å². The molecule has 3 heteroatoms. The van der Waals surface area contributed by atoms with E-state index >= 15 is 0 Å². The fraction of sp³-hybridized carbons (Fsp3) is 0.278. The Morgan fingerprint density at radius 1 is 1.05 bits per heavy atom. The van der Waals surface area contributed by atoms with Crippen molar-refractivity contribution in [2.24, 2.45) is 0 Å². The third-order valence-corrected chi connectivity index (χ3v) is 3.58. The first-order chi connectivity index (χ1) is 10.1. The highest BCUT2D eigenvalue weighted by molar-refractivity contribution is 5.94. The average Bonchev–Trinajstić information content (AvgIpc) is 2.47. The van der Waals surface area contributed by atoms with Crippen LogP contribution in [0.2, 0.25) is 0 Å². The van der Waals surface area contributed by atoms with Gasteiger partial charge in [0.15, 0.2) is 0 Å². The molecule has 0 atom stereocenters. The molecule has 0 aliphatic rings. The van der Waals surface area contributed by atoms with Gasteiger partial charge in [0.1, 0.15) is 0 Å². The summed E-state index contributed by atoms with van der Waals surface area (Å²) in [6, 6.07) is 13.6. The molecule has 0 aliphatic heterocycles. The van der Waals surface area contributed by atoms with Crippen LogP contribution in [-0.2, 0) is 24.1 Å². The summed E-state index contributed by atoms with van der Waals surface area (Å²) in [5.74, 6) is -0.00352. The van der Waals surface area contributed by atoms with Gasteiger partial charge in [-0.1, -0.05) is 44.2 Å². The summed E-state index contributed by atoms with van der Waals surface area (Å²) in [5.41, 5.74) is 10.7. The zero-order valence-corrected chi connectivity index (χ0v) is 12.6. The van der Waals surface area contributed by atoms with Crippen LogP contribution < -0.4 is 11.1 Å². The topological polar surface area (TPSA) is 55.1 Å². The lowest BCUT2D eigenvalue weighted by Gasteiger charge is -2.14. The van der Waals surface area contributed by atoms with Crippen molar-refractivity contribution in [2.75, 3.05) is 11.1 Å². The Kier molecular flexibility index (Phi) is 4.99. The lowest BCUT2D eigenvalue weighted by molar-refractivity contribution is -0.115. The Morgan fingerprint density at radius 2 is 1.67 bits per heavy atom. The van der Waals surface area contributed by atoms with Crippen molar-refractivity contribution >= 4 is 17.3 Å². The quantitative estimate of drug-likeness (QED) is 0.824. The maximum Gasteiger partial charge on any atom is 0.228 e. The molecule has 1 amide bonds. The molecule has 3 nitrogen and oxygen atoms in total. The lowest BCUT2D eigenvalue weighted by atomic mass is 10.0. The summed E-state index contributed by atoms with van der Waals surface area (Å²) in [4.78, 5) is 12.3. The number of aryl methyl sites for hydroxylation is 2. The van der Waals surface area contributed by atoms with Crippen LogP contribution in [0, 0.1) is 0 Å². The third kappa shape index (κ3) is 3.85. The number of benzene rings is 2. The number of amides is 1. The second kappa shape index (κ2) is 6.93. The maximum atomic E-state index is 12.3. The second-order valence-corrected chi connectivity index (χ2v) is 5.13. The number of carbonyl (C=O) groups is 1. The number of nitrogens with two attached hydrogens (primary N) is 1. The van der Waals surface area contributed by atoms with E-state index in [1.54, 1.807) is 0 Å². The van der Waals surface area contributed by atoms with E-state index in [4.69, 9.17) is 5.73 Å².